The highest BCUT2D eigenvalue weighted by Crippen LogP contribution is 2.19. The van der Waals surface area contributed by atoms with Crippen LogP contribution in [0.15, 0.2) is 97.6 Å². The molecule has 3 nitrogen and oxygen atoms in total. The maximum Gasteiger partial charge on any atom is 0.114 e. The van der Waals surface area contributed by atoms with Crippen LogP contribution in [-0.4, -0.2) is 16.2 Å². The summed E-state index contributed by atoms with van der Waals surface area (Å²) < 4.78 is 2.05. The molecule has 0 aliphatic heterocycles. The van der Waals surface area contributed by atoms with Gasteiger partial charge in [-0.05, 0) is 21.9 Å². The first kappa shape index (κ1) is 16.2. The predicted octanol–water partition coefficient (Wildman–Crippen LogP) is 4.89. The molecule has 26 heavy (non-hydrogen) atoms. The van der Waals surface area contributed by atoms with E-state index in [2.05, 4.69) is 93.6 Å². The molecule has 4 rings (SSSR count). The molecule has 0 spiro atoms. The van der Waals surface area contributed by atoms with Crippen LogP contribution in [0.1, 0.15) is 11.1 Å². The molecule has 0 aliphatic rings. The van der Waals surface area contributed by atoms with E-state index < -0.39 is 0 Å². The zero-order chi connectivity index (χ0) is 17.6. The summed E-state index contributed by atoms with van der Waals surface area (Å²) in [4.78, 5) is 4.21. The molecule has 0 bridgehead atoms. The monoisotopic (exact) mass is 339 g/mol. The highest BCUT2D eigenvalue weighted by atomic mass is 15.5. The van der Waals surface area contributed by atoms with Crippen LogP contribution in [0.25, 0.3) is 16.8 Å². The largest absolute Gasteiger partial charge is 0.304 e. The van der Waals surface area contributed by atoms with Crippen molar-refractivity contribution in [3.8, 4) is 0 Å². The Morgan fingerprint density at radius 2 is 1.69 bits per heavy atom. The van der Waals surface area contributed by atoms with Gasteiger partial charge >= 0.3 is 0 Å². The molecular formula is C23H21N3. The van der Waals surface area contributed by atoms with Crippen molar-refractivity contribution in [2.75, 3.05) is 11.6 Å². The summed E-state index contributed by atoms with van der Waals surface area (Å²) in [5, 5.41) is 4.84. The smallest absolute Gasteiger partial charge is 0.114 e. The fraction of sp³-hybridized carbons (Fsp3) is 0.0870. The molecule has 0 aliphatic carbocycles. The van der Waals surface area contributed by atoms with Gasteiger partial charge in [-0.3, -0.25) is 4.68 Å². The van der Waals surface area contributed by atoms with Crippen molar-refractivity contribution in [1.29, 1.82) is 0 Å². The number of fused-ring (bicyclic) bond motifs is 1. The van der Waals surface area contributed by atoms with E-state index >= 15 is 0 Å². The Balaban J connectivity index is 1.59. The third kappa shape index (κ3) is 3.67. The Kier molecular flexibility index (Phi) is 4.79. The minimum Gasteiger partial charge on any atom is -0.304 e. The number of rotatable bonds is 6. The molecule has 3 heteroatoms. The van der Waals surface area contributed by atoms with Crippen LogP contribution in [0.4, 0.5) is 0 Å². The van der Waals surface area contributed by atoms with E-state index in [4.69, 9.17) is 0 Å². The molecule has 1 aromatic heterocycles. The van der Waals surface area contributed by atoms with Gasteiger partial charge in [-0.2, -0.15) is 0 Å². The molecule has 0 N–H and O–H groups in total. The van der Waals surface area contributed by atoms with E-state index in [9.17, 15) is 0 Å². The van der Waals surface area contributed by atoms with Crippen molar-refractivity contribution in [2.45, 2.75) is 6.54 Å². The van der Waals surface area contributed by atoms with Gasteiger partial charge in [0.05, 0.1) is 13.1 Å². The van der Waals surface area contributed by atoms with E-state index in [0.29, 0.717) is 0 Å². The Labute approximate surface area is 153 Å². The maximum atomic E-state index is 4.21. The lowest BCUT2D eigenvalue weighted by molar-refractivity contribution is 0.617. The van der Waals surface area contributed by atoms with E-state index in [1.165, 1.54) is 21.9 Å². The average molecular weight is 339 g/mol. The summed E-state index contributed by atoms with van der Waals surface area (Å²) in [7, 11) is 0. The quantitative estimate of drug-likeness (QED) is 0.499. The maximum absolute atomic E-state index is 4.21. The second-order valence-corrected chi connectivity index (χ2v) is 6.24. The van der Waals surface area contributed by atoms with Gasteiger partial charge in [0, 0.05) is 12.4 Å². The van der Waals surface area contributed by atoms with Crippen LogP contribution in [0, 0.1) is 0 Å². The van der Waals surface area contributed by atoms with Gasteiger partial charge in [0.15, 0.2) is 0 Å². The number of hydrogen-bond acceptors (Lipinski definition) is 2. The topological polar surface area (TPSA) is 21.1 Å². The first-order valence-corrected chi connectivity index (χ1v) is 8.81. The number of aromatic nitrogens is 2. The first-order chi connectivity index (χ1) is 12.9. The fourth-order valence-corrected chi connectivity index (χ4v) is 3.16. The minimum atomic E-state index is 0.800. The summed E-state index contributed by atoms with van der Waals surface area (Å²) >= 11 is 0. The lowest BCUT2D eigenvalue weighted by Crippen LogP contribution is -2.33. The van der Waals surface area contributed by atoms with Crippen molar-refractivity contribution in [1.82, 2.24) is 9.66 Å². The summed E-state index contributed by atoms with van der Waals surface area (Å²) in [5.74, 6) is 0. The van der Waals surface area contributed by atoms with Crippen molar-refractivity contribution in [3.05, 3.63) is 109 Å². The summed E-state index contributed by atoms with van der Waals surface area (Å²) in [6, 6.07) is 25.4. The third-order valence-electron chi connectivity index (χ3n) is 4.48. The van der Waals surface area contributed by atoms with Gasteiger partial charge < -0.3 is 5.01 Å². The minimum absolute atomic E-state index is 0.800. The zero-order valence-corrected chi connectivity index (χ0v) is 14.6. The van der Waals surface area contributed by atoms with Gasteiger partial charge in [0.1, 0.15) is 6.33 Å². The summed E-state index contributed by atoms with van der Waals surface area (Å²) in [5.41, 5.74) is 2.52. The number of hydrogen-bond donors (Lipinski definition) is 0. The zero-order valence-electron chi connectivity index (χ0n) is 14.6. The van der Waals surface area contributed by atoms with Crippen molar-refractivity contribution < 1.29 is 0 Å². The van der Waals surface area contributed by atoms with Crippen molar-refractivity contribution in [3.63, 3.8) is 0 Å². The number of benzene rings is 3. The van der Waals surface area contributed by atoms with E-state index in [-0.39, 0.29) is 0 Å². The molecule has 3 aromatic carbocycles. The van der Waals surface area contributed by atoms with Gasteiger partial charge in [-0.15, -0.1) is 0 Å². The lowest BCUT2D eigenvalue weighted by atomic mass is 10.0. The average Bonchev–Trinajstić information content (AvgIpc) is 3.23. The van der Waals surface area contributed by atoms with Crippen LogP contribution < -0.4 is 5.01 Å². The molecule has 0 amide bonds. The van der Waals surface area contributed by atoms with Crippen molar-refractivity contribution >= 4 is 16.8 Å². The van der Waals surface area contributed by atoms with Gasteiger partial charge in [0.25, 0.3) is 0 Å². The molecule has 0 saturated heterocycles. The molecule has 0 atom stereocenters. The molecule has 4 aromatic rings. The Bertz CT molecular complexity index is 983. The Hall–Kier alpha value is -3.33. The number of imidazole rings is 1. The van der Waals surface area contributed by atoms with E-state index in [1.807, 2.05) is 24.8 Å². The Morgan fingerprint density at radius 3 is 2.54 bits per heavy atom. The first-order valence-electron chi connectivity index (χ1n) is 8.81. The summed E-state index contributed by atoms with van der Waals surface area (Å²) in [6.45, 7) is 1.62. The molecular weight excluding hydrogens is 318 g/mol. The molecule has 0 unspecified atom stereocenters. The highest BCUT2D eigenvalue weighted by Gasteiger charge is 2.07. The molecule has 0 saturated carbocycles. The third-order valence-corrected chi connectivity index (χ3v) is 4.48. The van der Waals surface area contributed by atoms with Crippen LogP contribution in [0.5, 0.6) is 0 Å². The van der Waals surface area contributed by atoms with Gasteiger partial charge in [-0.25, -0.2) is 4.98 Å². The second kappa shape index (κ2) is 7.70. The normalized spacial score (nSPS) is 11.2. The van der Waals surface area contributed by atoms with Crippen LogP contribution in [0.2, 0.25) is 0 Å². The van der Waals surface area contributed by atoms with Gasteiger partial charge in [-0.1, -0.05) is 84.9 Å². The summed E-state index contributed by atoms with van der Waals surface area (Å²) in [6.07, 6.45) is 10.0. The van der Waals surface area contributed by atoms with Crippen LogP contribution in [0.3, 0.4) is 0 Å². The highest BCUT2D eigenvalue weighted by molar-refractivity contribution is 5.85. The molecule has 1 heterocycles. The Morgan fingerprint density at radius 1 is 0.885 bits per heavy atom. The van der Waals surface area contributed by atoms with Gasteiger partial charge in [0.2, 0.25) is 0 Å². The molecule has 0 radical (unpaired) electrons. The lowest BCUT2D eigenvalue weighted by Gasteiger charge is -2.25. The van der Waals surface area contributed by atoms with Crippen LogP contribution >= 0.6 is 0 Å². The molecule has 0 fully saturated rings. The standard InChI is InChI=1S/C23H21N3/c1-2-8-20(9-3-1)10-7-16-25(26-17-15-24-19-26)18-22-13-6-12-21-11-4-5-14-23(21)22/h1-15,17,19H,16,18H2/b10-7+. The van der Waals surface area contributed by atoms with E-state index in [1.54, 1.807) is 0 Å². The number of nitrogens with zero attached hydrogens (tertiary/aromatic N) is 3. The van der Waals surface area contributed by atoms with Crippen molar-refractivity contribution in [2.24, 2.45) is 0 Å². The molecule has 128 valence electrons. The van der Waals surface area contributed by atoms with E-state index in [0.717, 1.165) is 13.1 Å². The SMILES string of the molecule is C(=C\c1ccccc1)/CN(Cc1cccc2ccccc12)n1ccnc1. The van der Waals surface area contributed by atoms with Crippen LogP contribution in [-0.2, 0) is 6.54 Å². The predicted molar refractivity (Wildman–Crippen MR) is 108 cm³/mol. The second-order valence-electron chi connectivity index (χ2n) is 6.24. The fourth-order valence-electron chi connectivity index (χ4n) is 3.16.